The molecule has 1 atom stereocenters. The minimum absolute atomic E-state index is 0.00593. The molecule has 0 aliphatic carbocycles. The molecule has 4 nitrogen and oxygen atoms in total. The van der Waals surface area contributed by atoms with Crippen LogP contribution in [-0.4, -0.2) is 42.5 Å². The van der Waals surface area contributed by atoms with Gasteiger partial charge in [0.2, 0.25) is 5.91 Å². The van der Waals surface area contributed by atoms with Crippen molar-refractivity contribution in [3.8, 4) is 0 Å². The quantitative estimate of drug-likeness (QED) is 0.683. The Balaban J connectivity index is 1.73. The van der Waals surface area contributed by atoms with Gasteiger partial charge in [-0.15, -0.1) is 23.1 Å². The molecule has 0 N–H and O–H groups in total. The second-order valence-corrected chi connectivity index (χ2v) is 11.0. The molecular weight excluding hydrogens is 386 g/mol. The molecule has 26 heavy (non-hydrogen) atoms. The highest BCUT2D eigenvalue weighted by Crippen LogP contribution is 2.27. The van der Waals surface area contributed by atoms with Crippen molar-refractivity contribution in [2.45, 2.75) is 37.8 Å². The summed E-state index contributed by atoms with van der Waals surface area (Å²) in [4.78, 5) is 16.9. The molecule has 3 rings (SSSR count). The van der Waals surface area contributed by atoms with Gasteiger partial charge in [-0.25, -0.2) is 8.42 Å². The molecule has 1 fully saturated rings. The molecule has 0 saturated carbocycles. The number of rotatable bonds is 6. The Morgan fingerprint density at radius 1 is 1.31 bits per heavy atom. The summed E-state index contributed by atoms with van der Waals surface area (Å²) in [6.07, 6.45) is 0.535. The Bertz CT molecular complexity index is 875. The minimum Gasteiger partial charge on any atom is -0.333 e. The lowest BCUT2D eigenvalue weighted by atomic mass is 10.2. The number of carbonyl (C=O) groups is 1. The summed E-state index contributed by atoms with van der Waals surface area (Å²) >= 11 is 3.13. The van der Waals surface area contributed by atoms with Crippen molar-refractivity contribution in [3.63, 3.8) is 0 Å². The molecule has 1 aromatic carbocycles. The van der Waals surface area contributed by atoms with E-state index in [1.165, 1.54) is 17.3 Å². The monoisotopic (exact) mass is 409 g/mol. The fourth-order valence-corrected chi connectivity index (χ4v) is 6.54. The summed E-state index contributed by atoms with van der Waals surface area (Å²) in [5.41, 5.74) is 2.32. The van der Waals surface area contributed by atoms with Gasteiger partial charge in [-0.3, -0.25) is 4.79 Å². The van der Waals surface area contributed by atoms with Crippen LogP contribution < -0.4 is 0 Å². The topological polar surface area (TPSA) is 54.5 Å². The number of hydrogen-bond donors (Lipinski definition) is 0. The van der Waals surface area contributed by atoms with E-state index in [4.69, 9.17) is 0 Å². The van der Waals surface area contributed by atoms with E-state index in [0.29, 0.717) is 18.7 Å². The molecule has 1 aliphatic rings. The van der Waals surface area contributed by atoms with Crippen molar-refractivity contribution in [2.24, 2.45) is 0 Å². The largest absolute Gasteiger partial charge is 0.333 e. The normalized spacial score (nSPS) is 18.8. The first-order valence-corrected chi connectivity index (χ1v) is 12.2. The summed E-state index contributed by atoms with van der Waals surface area (Å²) in [6.45, 7) is 4.57. The molecule has 0 radical (unpaired) electrons. The van der Waals surface area contributed by atoms with Gasteiger partial charge >= 0.3 is 0 Å². The van der Waals surface area contributed by atoms with Gasteiger partial charge in [0, 0.05) is 15.8 Å². The number of benzene rings is 1. The predicted molar refractivity (Wildman–Crippen MR) is 109 cm³/mol. The van der Waals surface area contributed by atoms with Crippen LogP contribution in [0.2, 0.25) is 0 Å². The first-order valence-electron chi connectivity index (χ1n) is 8.56. The number of aryl methyl sites for hydroxylation is 2. The Morgan fingerprint density at radius 2 is 2.12 bits per heavy atom. The molecule has 1 unspecified atom stereocenters. The van der Waals surface area contributed by atoms with Crippen LogP contribution in [0, 0.1) is 13.8 Å². The van der Waals surface area contributed by atoms with Gasteiger partial charge < -0.3 is 4.90 Å². The number of carbonyl (C=O) groups excluding carboxylic acids is 1. The third-order valence-electron chi connectivity index (χ3n) is 4.57. The summed E-state index contributed by atoms with van der Waals surface area (Å²) < 4.78 is 23.8. The number of sulfone groups is 1. The van der Waals surface area contributed by atoms with Crippen molar-refractivity contribution < 1.29 is 13.2 Å². The van der Waals surface area contributed by atoms with Gasteiger partial charge in [0.05, 0.1) is 23.8 Å². The molecular formula is C19H23NO3S3. The SMILES string of the molecule is Cc1ccc(C)c(SCC(=O)N(Cc2cccs2)C2CCS(=O)(=O)C2)c1. The summed E-state index contributed by atoms with van der Waals surface area (Å²) in [5.74, 6) is 0.590. The van der Waals surface area contributed by atoms with Gasteiger partial charge in [0.25, 0.3) is 0 Å². The summed E-state index contributed by atoms with van der Waals surface area (Å²) in [5, 5.41) is 1.98. The predicted octanol–water partition coefficient (Wildman–Crippen LogP) is 3.67. The van der Waals surface area contributed by atoms with Crippen LogP contribution in [0.25, 0.3) is 0 Å². The molecule has 0 spiro atoms. The first-order chi connectivity index (χ1) is 12.3. The number of nitrogens with zero attached hydrogens (tertiary/aromatic N) is 1. The molecule has 2 aromatic rings. The van der Waals surface area contributed by atoms with E-state index in [-0.39, 0.29) is 23.5 Å². The van der Waals surface area contributed by atoms with E-state index in [9.17, 15) is 13.2 Å². The van der Waals surface area contributed by atoms with Crippen molar-refractivity contribution in [1.82, 2.24) is 4.90 Å². The summed E-state index contributed by atoms with van der Waals surface area (Å²) in [6, 6.07) is 9.96. The van der Waals surface area contributed by atoms with Crippen molar-refractivity contribution in [2.75, 3.05) is 17.3 Å². The highest BCUT2D eigenvalue weighted by atomic mass is 32.2. The molecule has 1 aromatic heterocycles. The zero-order chi connectivity index (χ0) is 18.7. The van der Waals surface area contributed by atoms with E-state index < -0.39 is 9.84 Å². The van der Waals surface area contributed by atoms with Crippen LogP contribution in [0.4, 0.5) is 0 Å². The van der Waals surface area contributed by atoms with Crippen molar-refractivity contribution >= 4 is 38.8 Å². The smallest absolute Gasteiger partial charge is 0.233 e. The third kappa shape index (κ3) is 4.90. The highest BCUT2D eigenvalue weighted by Gasteiger charge is 2.34. The number of thiophene rings is 1. The minimum atomic E-state index is -3.03. The second kappa shape index (κ2) is 8.15. The molecule has 7 heteroatoms. The lowest BCUT2D eigenvalue weighted by molar-refractivity contribution is -0.130. The fourth-order valence-electron chi connectivity index (χ4n) is 3.10. The third-order valence-corrected chi connectivity index (χ3v) is 8.32. The van der Waals surface area contributed by atoms with E-state index in [2.05, 4.69) is 18.2 Å². The van der Waals surface area contributed by atoms with E-state index >= 15 is 0 Å². The molecule has 2 heterocycles. The van der Waals surface area contributed by atoms with E-state index in [0.717, 1.165) is 15.3 Å². The standard InChI is InChI=1S/C19H23NO3S3/c1-14-5-6-15(2)18(10-14)25-12-19(21)20(11-17-4-3-8-24-17)16-7-9-26(22,23)13-16/h3-6,8,10,16H,7,9,11-13H2,1-2H3. The maximum absolute atomic E-state index is 13.0. The lowest BCUT2D eigenvalue weighted by Crippen LogP contribution is -2.41. The lowest BCUT2D eigenvalue weighted by Gasteiger charge is -2.28. The zero-order valence-electron chi connectivity index (χ0n) is 15.0. The maximum Gasteiger partial charge on any atom is 0.233 e. The van der Waals surface area contributed by atoms with Crippen LogP contribution >= 0.6 is 23.1 Å². The molecule has 1 aliphatic heterocycles. The van der Waals surface area contributed by atoms with Gasteiger partial charge in [-0.1, -0.05) is 23.8 Å². The van der Waals surface area contributed by atoms with Gasteiger partial charge in [-0.05, 0) is 43.3 Å². The van der Waals surface area contributed by atoms with E-state index in [1.54, 1.807) is 16.2 Å². The van der Waals surface area contributed by atoms with E-state index in [1.807, 2.05) is 31.4 Å². The molecule has 140 valence electrons. The van der Waals surface area contributed by atoms with Crippen molar-refractivity contribution in [3.05, 3.63) is 51.7 Å². The highest BCUT2D eigenvalue weighted by molar-refractivity contribution is 8.00. The van der Waals surface area contributed by atoms with Crippen LogP contribution in [0.5, 0.6) is 0 Å². The summed E-state index contributed by atoms with van der Waals surface area (Å²) in [7, 11) is -3.03. The van der Waals surface area contributed by atoms with Crippen LogP contribution in [0.1, 0.15) is 22.4 Å². The number of hydrogen-bond acceptors (Lipinski definition) is 5. The Morgan fingerprint density at radius 3 is 2.77 bits per heavy atom. The average molecular weight is 410 g/mol. The number of amides is 1. The first kappa shape index (κ1) is 19.5. The molecule has 1 amide bonds. The van der Waals surface area contributed by atoms with Crippen molar-refractivity contribution in [1.29, 1.82) is 0 Å². The maximum atomic E-state index is 13.0. The molecule has 1 saturated heterocycles. The molecule has 0 bridgehead atoms. The van der Waals surface area contributed by atoms with Gasteiger partial charge in [-0.2, -0.15) is 0 Å². The van der Waals surface area contributed by atoms with Gasteiger partial charge in [0.1, 0.15) is 0 Å². The zero-order valence-corrected chi connectivity index (χ0v) is 17.4. The number of thioether (sulfide) groups is 1. The Labute approximate surface area is 163 Å². The van der Waals surface area contributed by atoms with Crippen LogP contribution in [-0.2, 0) is 21.2 Å². The fraction of sp³-hybridized carbons (Fsp3) is 0.421. The average Bonchev–Trinajstić information content (AvgIpc) is 3.22. The van der Waals surface area contributed by atoms with Crippen LogP contribution in [0.15, 0.2) is 40.6 Å². The van der Waals surface area contributed by atoms with Crippen LogP contribution in [0.3, 0.4) is 0 Å². The van der Waals surface area contributed by atoms with Gasteiger partial charge in [0.15, 0.2) is 9.84 Å². The Kier molecular flexibility index (Phi) is 6.10. The Hall–Kier alpha value is -1.31. The second-order valence-electron chi connectivity index (χ2n) is 6.72.